The average molecular weight is 784 g/mol. The number of aliphatic hydroxyl groups excluding tert-OH is 1. The molecule has 3 aliphatic rings. The van der Waals surface area contributed by atoms with Crippen LogP contribution in [0.15, 0.2) is 73.1 Å². The van der Waals surface area contributed by atoms with Gasteiger partial charge < -0.3 is 29.3 Å². The van der Waals surface area contributed by atoms with Gasteiger partial charge in [0.25, 0.3) is 0 Å². The largest absolute Gasteiger partial charge is 0.489 e. The third kappa shape index (κ3) is 10.4. The van der Waals surface area contributed by atoms with E-state index < -0.39 is 17.6 Å². The molecular formula is C44H54ClN5O6. The number of halogens is 1. The van der Waals surface area contributed by atoms with Gasteiger partial charge in [-0.25, -0.2) is 0 Å². The summed E-state index contributed by atoms with van der Waals surface area (Å²) in [4.78, 5) is 23.1. The Labute approximate surface area is 335 Å². The number of β-amino-alcohol motifs (C(OH)–C–C–N with tert-alkyl or cyclic N) is 1. The second-order valence-electron chi connectivity index (χ2n) is 15.1. The molecule has 12 heteroatoms. The van der Waals surface area contributed by atoms with Gasteiger partial charge in [-0.15, -0.1) is 0 Å². The Morgan fingerprint density at radius 2 is 1.82 bits per heavy atom. The second-order valence-corrected chi connectivity index (χ2v) is 15.5. The first-order valence-electron chi connectivity index (χ1n) is 19.7. The van der Waals surface area contributed by atoms with Gasteiger partial charge in [0, 0.05) is 87.9 Å². The summed E-state index contributed by atoms with van der Waals surface area (Å²) in [7, 11) is 0. The first kappa shape index (κ1) is 41.4. The molecule has 2 aliphatic heterocycles. The summed E-state index contributed by atoms with van der Waals surface area (Å²) in [6.45, 7) is 11.9. The maximum atomic E-state index is 12.2. The molecule has 2 unspecified atom stereocenters. The molecular weight excluding hydrogens is 730 g/mol. The number of aromatic nitrogens is 1. The van der Waals surface area contributed by atoms with Crippen LogP contribution in [0.1, 0.15) is 60.4 Å². The Morgan fingerprint density at radius 1 is 1.04 bits per heavy atom. The highest BCUT2D eigenvalue weighted by atomic mass is 35.5. The van der Waals surface area contributed by atoms with Crippen molar-refractivity contribution in [1.82, 2.24) is 19.7 Å². The highest BCUT2D eigenvalue weighted by Gasteiger charge is 2.40. The number of ether oxygens (including phenoxy) is 3. The van der Waals surface area contributed by atoms with E-state index in [9.17, 15) is 20.3 Å². The quantitative estimate of drug-likeness (QED) is 0.148. The topological polar surface area (TPSA) is 132 Å². The number of nitriles is 1. The van der Waals surface area contributed by atoms with Gasteiger partial charge in [0.1, 0.15) is 42.4 Å². The minimum absolute atomic E-state index is 0.0589. The summed E-state index contributed by atoms with van der Waals surface area (Å²) in [6, 6.07) is 15.3. The van der Waals surface area contributed by atoms with Crippen molar-refractivity contribution < 1.29 is 29.2 Å². The van der Waals surface area contributed by atoms with Crippen molar-refractivity contribution in [2.24, 2.45) is 5.92 Å². The number of aryl methyl sites for hydroxylation is 1. The van der Waals surface area contributed by atoms with E-state index in [1.807, 2.05) is 17.0 Å². The predicted octanol–water partition coefficient (Wildman–Crippen LogP) is 6.36. The van der Waals surface area contributed by atoms with Crippen molar-refractivity contribution in [3.05, 3.63) is 106 Å². The van der Waals surface area contributed by atoms with Crippen LogP contribution in [0, 0.1) is 24.2 Å². The summed E-state index contributed by atoms with van der Waals surface area (Å²) in [5.74, 6) is 0.0518. The standard InChI is InChI=1S/C44H54ClN5O6/c1-32-9-3-4-10-37(32)38-11-7-13-44(33(38)2,56-22-8-14-48-16-18-49(19-17-48)20-21-51)31-55-42-25-41(54-30-35-23-34(26-46)27-47-28-35)36(24-39(42)45)29-50-15-6-5-12-40(50)43(52)53/h3-4,7,9-11,13,23-25,27-28,33,40,51H,5-6,8,12,14-22,29-31H2,1-2H3,(H,52,53)/t33?,40-,44?/m0/s1. The van der Waals surface area contributed by atoms with Crippen LogP contribution in [-0.2, 0) is 22.7 Å². The molecule has 2 N–H and O–H groups in total. The number of piperazine rings is 1. The van der Waals surface area contributed by atoms with E-state index in [1.54, 1.807) is 18.3 Å². The van der Waals surface area contributed by atoms with E-state index in [4.69, 9.17) is 25.8 Å². The lowest BCUT2D eigenvalue weighted by molar-refractivity contribution is -0.144. The number of benzene rings is 2. The third-order valence-corrected chi connectivity index (χ3v) is 11.6. The number of pyridine rings is 1. The van der Waals surface area contributed by atoms with E-state index in [1.165, 1.54) is 22.9 Å². The van der Waals surface area contributed by atoms with Crippen LogP contribution in [0.2, 0.25) is 5.02 Å². The molecule has 3 aromatic rings. The monoisotopic (exact) mass is 783 g/mol. The van der Waals surface area contributed by atoms with Crippen LogP contribution in [0.5, 0.6) is 11.5 Å². The molecule has 0 bridgehead atoms. The molecule has 3 heterocycles. The summed E-state index contributed by atoms with van der Waals surface area (Å²) in [5, 5.41) is 29.1. The number of carboxylic acid groups (broad SMARTS) is 1. The van der Waals surface area contributed by atoms with Gasteiger partial charge in [-0.3, -0.25) is 19.6 Å². The molecule has 2 fully saturated rings. The van der Waals surface area contributed by atoms with Gasteiger partial charge in [-0.2, -0.15) is 5.26 Å². The molecule has 1 aromatic heterocycles. The normalized spacial score (nSPS) is 22.0. The van der Waals surface area contributed by atoms with Crippen LogP contribution in [-0.4, -0.2) is 113 Å². The Morgan fingerprint density at radius 3 is 2.57 bits per heavy atom. The highest BCUT2D eigenvalue weighted by molar-refractivity contribution is 6.32. The Bertz CT molecular complexity index is 1910. The number of hydrogen-bond acceptors (Lipinski definition) is 10. The fourth-order valence-corrected chi connectivity index (χ4v) is 8.25. The van der Waals surface area contributed by atoms with Crippen molar-refractivity contribution >= 4 is 23.1 Å². The number of nitrogens with zero attached hydrogens (tertiary/aromatic N) is 5. The van der Waals surface area contributed by atoms with E-state index in [2.05, 4.69) is 71.1 Å². The van der Waals surface area contributed by atoms with Gasteiger partial charge in [-0.1, -0.05) is 61.4 Å². The van der Waals surface area contributed by atoms with Gasteiger partial charge in [-0.05, 0) is 67.6 Å². The Balaban J connectivity index is 1.24. The lowest BCUT2D eigenvalue weighted by Gasteiger charge is -2.40. The van der Waals surface area contributed by atoms with Gasteiger partial charge in [0.05, 0.1) is 17.2 Å². The number of hydrogen-bond donors (Lipinski definition) is 2. The summed E-state index contributed by atoms with van der Waals surface area (Å²) in [5.41, 5.74) is 4.63. The van der Waals surface area contributed by atoms with Crippen molar-refractivity contribution in [2.45, 2.75) is 64.3 Å². The molecule has 0 spiro atoms. The molecule has 2 aromatic carbocycles. The van der Waals surface area contributed by atoms with Crippen LogP contribution in [0.4, 0.5) is 0 Å². The van der Waals surface area contributed by atoms with Gasteiger partial charge in [0.15, 0.2) is 0 Å². The minimum atomic E-state index is -0.836. The van der Waals surface area contributed by atoms with Gasteiger partial charge in [0.2, 0.25) is 0 Å². The van der Waals surface area contributed by atoms with E-state index in [-0.39, 0.29) is 25.7 Å². The number of piperidine rings is 1. The van der Waals surface area contributed by atoms with Crippen molar-refractivity contribution in [2.75, 3.05) is 65.6 Å². The fourth-order valence-electron chi connectivity index (χ4n) is 8.01. The molecule has 0 amide bonds. The summed E-state index contributed by atoms with van der Waals surface area (Å²) < 4.78 is 20.0. The molecule has 3 atom stereocenters. The molecule has 0 saturated carbocycles. The molecule has 56 heavy (non-hydrogen) atoms. The van der Waals surface area contributed by atoms with Crippen LogP contribution in [0.25, 0.3) is 5.57 Å². The molecule has 1 aliphatic carbocycles. The molecule has 6 rings (SSSR count). The van der Waals surface area contributed by atoms with Crippen molar-refractivity contribution in [3.8, 4) is 17.6 Å². The number of rotatable bonds is 17. The lowest BCUT2D eigenvalue weighted by atomic mass is 9.76. The number of carboxylic acids is 1. The number of allylic oxidation sites excluding steroid dienone is 2. The van der Waals surface area contributed by atoms with E-state index >= 15 is 0 Å². The van der Waals surface area contributed by atoms with Crippen LogP contribution in [0.3, 0.4) is 0 Å². The first-order valence-corrected chi connectivity index (χ1v) is 20.1. The number of carbonyl (C=O) groups is 1. The van der Waals surface area contributed by atoms with Crippen LogP contribution >= 0.6 is 11.6 Å². The average Bonchev–Trinajstić information content (AvgIpc) is 3.21. The molecule has 2 saturated heterocycles. The first-order chi connectivity index (χ1) is 27.2. The number of likely N-dealkylation sites (tertiary alicyclic amines) is 1. The summed E-state index contributed by atoms with van der Waals surface area (Å²) >= 11 is 7.01. The molecule has 298 valence electrons. The Kier molecular flexibility index (Phi) is 14.6. The molecule has 11 nitrogen and oxygen atoms in total. The van der Waals surface area contributed by atoms with E-state index in [0.29, 0.717) is 48.2 Å². The highest BCUT2D eigenvalue weighted by Crippen LogP contribution is 2.42. The zero-order valence-electron chi connectivity index (χ0n) is 32.5. The predicted molar refractivity (Wildman–Crippen MR) is 217 cm³/mol. The summed E-state index contributed by atoms with van der Waals surface area (Å²) in [6.07, 6.45) is 12.7. The molecule has 0 radical (unpaired) electrons. The van der Waals surface area contributed by atoms with Crippen molar-refractivity contribution in [3.63, 3.8) is 0 Å². The maximum absolute atomic E-state index is 12.2. The van der Waals surface area contributed by atoms with Crippen LogP contribution < -0.4 is 9.47 Å². The number of aliphatic hydroxyl groups is 1. The zero-order valence-corrected chi connectivity index (χ0v) is 33.3. The lowest BCUT2D eigenvalue weighted by Crippen LogP contribution is -2.48. The maximum Gasteiger partial charge on any atom is 0.320 e. The number of aliphatic carboxylic acids is 1. The van der Waals surface area contributed by atoms with Gasteiger partial charge >= 0.3 is 5.97 Å². The second kappa shape index (κ2) is 19.7. The smallest absolute Gasteiger partial charge is 0.320 e. The van der Waals surface area contributed by atoms with E-state index in [0.717, 1.165) is 69.7 Å². The Hall–Kier alpha value is -4.28. The minimum Gasteiger partial charge on any atom is -0.489 e. The SMILES string of the molecule is Cc1ccccc1C1=CC=CC(COc2cc(OCc3cncc(C#N)c3)c(CN3CCCC[C@H]3C(=O)O)cc2Cl)(OCCCN2CCN(CCO)CC2)C1C. The fraction of sp³-hybridized carbons (Fsp3) is 0.477. The zero-order chi connectivity index (χ0) is 39.5. The third-order valence-electron chi connectivity index (χ3n) is 11.3. The van der Waals surface area contributed by atoms with Crippen molar-refractivity contribution in [1.29, 1.82) is 5.26 Å².